The molecule has 4 atom stereocenters. The van der Waals surface area contributed by atoms with Crippen LogP contribution in [-0.4, -0.2) is 58.3 Å². The van der Waals surface area contributed by atoms with Gasteiger partial charge in [0.1, 0.15) is 35.3 Å². The maximum absolute atomic E-state index is 7.20. The van der Waals surface area contributed by atoms with Crippen LogP contribution in [0.15, 0.2) is 84.9 Å². The second-order valence-corrected chi connectivity index (χ2v) is 18.5. The van der Waals surface area contributed by atoms with Crippen molar-refractivity contribution in [3.05, 3.63) is 102 Å². The van der Waals surface area contributed by atoms with E-state index >= 15 is 0 Å². The summed E-state index contributed by atoms with van der Waals surface area (Å²) in [5.41, 5.74) is 1.24. The molecule has 6 nitrogen and oxygen atoms in total. The fraction of sp³-hybridized carbons (Fsp3) is 0.459. The van der Waals surface area contributed by atoms with E-state index in [4.69, 9.17) is 34.5 Å². The van der Waals surface area contributed by atoms with Crippen LogP contribution in [0.5, 0.6) is 5.75 Å². The van der Waals surface area contributed by atoms with Gasteiger partial charge in [-0.3, -0.25) is 0 Å². The van der Waals surface area contributed by atoms with Crippen LogP contribution in [0.2, 0.25) is 18.1 Å². The Morgan fingerprint density at radius 2 is 1.41 bits per heavy atom. The first-order valence-corrected chi connectivity index (χ1v) is 18.2. The van der Waals surface area contributed by atoms with Crippen molar-refractivity contribution in [2.75, 3.05) is 20.3 Å². The summed E-state index contributed by atoms with van der Waals surface area (Å²) in [7, 11) is -0.552. The summed E-state index contributed by atoms with van der Waals surface area (Å²) in [4.78, 5) is 0. The van der Waals surface area contributed by atoms with Crippen molar-refractivity contribution >= 4 is 8.32 Å². The van der Waals surface area contributed by atoms with Crippen molar-refractivity contribution in [1.82, 2.24) is 0 Å². The molecule has 0 N–H and O–H groups in total. The van der Waals surface area contributed by atoms with E-state index in [1.807, 2.05) is 62.4 Å². The molecule has 0 amide bonds. The SMILES string of the molecule is C#C[C@H](O[Si](C)(C)C(C)(C)C)[C@@H]1OC(C)(C)O[C@@H]1C1(COC(c2ccccc2)(c2ccccc2)c2ccc(OC)cc2)CO1. The van der Waals surface area contributed by atoms with Crippen LogP contribution in [0, 0.1) is 12.3 Å². The molecule has 7 heteroatoms. The molecule has 0 saturated carbocycles. The average Bonchev–Trinajstić information content (AvgIpc) is 3.72. The smallest absolute Gasteiger partial charge is 0.193 e. The molecule has 2 heterocycles. The quantitative estimate of drug-likeness (QED) is 0.0977. The molecule has 3 aromatic rings. The number of benzene rings is 3. The van der Waals surface area contributed by atoms with E-state index in [0.717, 1.165) is 22.4 Å². The lowest BCUT2D eigenvalue weighted by Crippen LogP contribution is -2.52. The largest absolute Gasteiger partial charge is 0.497 e. The Kier molecular flexibility index (Phi) is 8.91. The molecule has 0 aliphatic carbocycles. The van der Waals surface area contributed by atoms with Gasteiger partial charge in [-0.2, -0.15) is 0 Å². The first-order chi connectivity index (χ1) is 20.8. The number of ether oxygens (including phenoxy) is 5. The van der Waals surface area contributed by atoms with Gasteiger partial charge in [0.2, 0.25) is 0 Å². The predicted molar refractivity (Wildman–Crippen MR) is 175 cm³/mol. The number of hydrogen-bond acceptors (Lipinski definition) is 6. The van der Waals surface area contributed by atoms with Crippen LogP contribution in [-0.2, 0) is 29.0 Å². The summed E-state index contributed by atoms with van der Waals surface area (Å²) in [6.45, 7) is 15.5. The van der Waals surface area contributed by atoms with E-state index < -0.39 is 43.6 Å². The zero-order valence-electron chi connectivity index (χ0n) is 27.3. The molecule has 0 aromatic heterocycles. The molecule has 0 spiro atoms. The molecule has 5 rings (SSSR count). The van der Waals surface area contributed by atoms with Crippen molar-refractivity contribution in [3.63, 3.8) is 0 Å². The molecule has 2 saturated heterocycles. The highest BCUT2D eigenvalue weighted by Crippen LogP contribution is 2.48. The van der Waals surface area contributed by atoms with Crippen LogP contribution in [0.1, 0.15) is 51.3 Å². The van der Waals surface area contributed by atoms with E-state index in [-0.39, 0.29) is 11.6 Å². The third kappa shape index (κ3) is 6.25. The third-order valence-corrected chi connectivity index (χ3v) is 13.7. The van der Waals surface area contributed by atoms with Gasteiger partial charge in [0.25, 0.3) is 0 Å². The summed E-state index contributed by atoms with van der Waals surface area (Å²) in [5, 5.41) is -0.0210. The first-order valence-electron chi connectivity index (χ1n) is 15.3. The summed E-state index contributed by atoms with van der Waals surface area (Å²) < 4.78 is 38.8. The molecule has 234 valence electrons. The summed E-state index contributed by atoms with van der Waals surface area (Å²) in [6.07, 6.45) is 4.52. The Morgan fingerprint density at radius 3 is 1.86 bits per heavy atom. The van der Waals surface area contributed by atoms with Gasteiger partial charge in [0.15, 0.2) is 14.1 Å². The van der Waals surface area contributed by atoms with Gasteiger partial charge in [-0.15, -0.1) is 6.42 Å². The van der Waals surface area contributed by atoms with E-state index in [9.17, 15) is 0 Å². The second-order valence-electron chi connectivity index (χ2n) is 13.8. The van der Waals surface area contributed by atoms with Gasteiger partial charge in [0, 0.05) is 0 Å². The minimum atomic E-state index is -2.22. The molecule has 1 unspecified atom stereocenters. The molecule has 3 aromatic carbocycles. The monoisotopic (exact) mass is 614 g/mol. The number of terminal acetylenes is 1. The Bertz CT molecular complexity index is 1400. The van der Waals surface area contributed by atoms with Gasteiger partial charge >= 0.3 is 0 Å². The standard InChI is InChI=1S/C37H46O6Si/c1-10-31(43-44(8,9)34(2,3)4)32-33(42-35(5,6)41-32)36(25-39-36)26-40-37(27-17-13-11-14-18-27,28-19-15-12-16-20-28)29-21-23-30(38-7)24-22-29/h1,11-24,31-33H,25-26H2,2-9H3/t31-,32-,33-,36?/m0/s1. The van der Waals surface area contributed by atoms with Crippen molar-refractivity contribution in [2.24, 2.45) is 0 Å². The maximum atomic E-state index is 7.20. The highest BCUT2D eigenvalue weighted by atomic mass is 28.4. The fourth-order valence-electron chi connectivity index (χ4n) is 5.68. The lowest BCUT2D eigenvalue weighted by Gasteiger charge is -2.40. The fourth-order valence-corrected chi connectivity index (χ4v) is 6.87. The lowest BCUT2D eigenvalue weighted by atomic mass is 9.79. The van der Waals surface area contributed by atoms with Gasteiger partial charge in [0.05, 0.1) is 20.3 Å². The molecule has 2 fully saturated rings. The normalized spacial score (nSPS) is 24.0. The van der Waals surface area contributed by atoms with E-state index in [1.54, 1.807) is 7.11 Å². The third-order valence-electron chi connectivity index (χ3n) is 9.24. The van der Waals surface area contributed by atoms with Crippen molar-refractivity contribution in [2.45, 2.75) is 88.1 Å². The van der Waals surface area contributed by atoms with Crippen molar-refractivity contribution < 1.29 is 28.1 Å². The van der Waals surface area contributed by atoms with E-state index in [2.05, 4.69) is 76.2 Å². The van der Waals surface area contributed by atoms with E-state index in [1.165, 1.54) is 0 Å². The average molecular weight is 615 g/mol. The Morgan fingerprint density at radius 1 is 0.886 bits per heavy atom. The second kappa shape index (κ2) is 12.1. The Labute approximate surface area is 264 Å². The van der Waals surface area contributed by atoms with E-state index in [0.29, 0.717) is 6.61 Å². The summed E-state index contributed by atoms with van der Waals surface area (Å²) in [5.74, 6) is 2.80. The van der Waals surface area contributed by atoms with Crippen LogP contribution in [0.3, 0.4) is 0 Å². The molecular weight excluding hydrogens is 568 g/mol. The molecule has 0 bridgehead atoms. The number of rotatable bonds is 11. The zero-order chi connectivity index (χ0) is 31.8. The van der Waals surface area contributed by atoms with Crippen molar-refractivity contribution in [3.8, 4) is 18.1 Å². The van der Waals surface area contributed by atoms with Crippen molar-refractivity contribution in [1.29, 1.82) is 0 Å². The van der Waals surface area contributed by atoms with Crippen LogP contribution in [0.25, 0.3) is 0 Å². The summed E-state index contributed by atoms with van der Waals surface area (Å²) >= 11 is 0. The van der Waals surface area contributed by atoms with Gasteiger partial charge in [-0.1, -0.05) is 99.5 Å². The highest BCUT2D eigenvalue weighted by molar-refractivity contribution is 6.74. The Balaban J connectivity index is 1.54. The Hall–Kier alpha value is -2.96. The lowest BCUT2D eigenvalue weighted by molar-refractivity contribution is -0.159. The van der Waals surface area contributed by atoms with Gasteiger partial charge < -0.3 is 28.1 Å². The minimum absolute atomic E-state index is 0.0210. The number of hydrogen-bond donors (Lipinski definition) is 0. The van der Waals surface area contributed by atoms with Crippen LogP contribution < -0.4 is 4.74 Å². The zero-order valence-corrected chi connectivity index (χ0v) is 28.3. The first kappa shape index (κ1) is 32.4. The number of methoxy groups -OCH3 is 1. The molecule has 44 heavy (non-hydrogen) atoms. The number of epoxide rings is 1. The minimum Gasteiger partial charge on any atom is -0.497 e. The van der Waals surface area contributed by atoms with Crippen LogP contribution in [0.4, 0.5) is 0 Å². The van der Waals surface area contributed by atoms with Crippen LogP contribution >= 0.6 is 0 Å². The predicted octanol–water partition coefficient (Wildman–Crippen LogP) is 7.32. The maximum Gasteiger partial charge on any atom is 0.193 e. The topological polar surface area (TPSA) is 58.7 Å². The molecular formula is C37H46O6Si. The molecule has 0 radical (unpaired) electrons. The van der Waals surface area contributed by atoms with Gasteiger partial charge in [-0.25, -0.2) is 0 Å². The molecule has 2 aliphatic rings. The highest BCUT2D eigenvalue weighted by Gasteiger charge is 2.64. The summed E-state index contributed by atoms with van der Waals surface area (Å²) in [6, 6.07) is 28.6. The molecule has 2 aliphatic heterocycles. The van der Waals surface area contributed by atoms with Gasteiger partial charge in [-0.05, 0) is 60.8 Å².